The summed E-state index contributed by atoms with van der Waals surface area (Å²) in [5.74, 6) is 0.762. The van der Waals surface area contributed by atoms with Gasteiger partial charge in [0, 0.05) is 18.4 Å². The van der Waals surface area contributed by atoms with Crippen molar-refractivity contribution in [3.05, 3.63) is 24.4 Å². The van der Waals surface area contributed by atoms with E-state index >= 15 is 0 Å². The Kier molecular flexibility index (Phi) is 2.96. The van der Waals surface area contributed by atoms with Gasteiger partial charge in [0.25, 0.3) is 0 Å². The number of ether oxygens (including phenoxy) is 2. The van der Waals surface area contributed by atoms with E-state index in [-0.39, 0.29) is 0 Å². The zero-order valence-electron chi connectivity index (χ0n) is 9.59. The molecule has 3 rings (SSSR count). The summed E-state index contributed by atoms with van der Waals surface area (Å²) in [5, 5.41) is 4.74. The molecule has 0 saturated carbocycles. The molecule has 1 aliphatic rings. The van der Waals surface area contributed by atoms with Crippen LogP contribution >= 0.6 is 0 Å². The molecule has 1 aromatic carbocycles. The van der Waals surface area contributed by atoms with Gasteiger partial charge in [-0.3, -0.25) is 0 Å². The van der Waals surface area contributed by atoms with Crippen LogP contribution in [-0.4, -0.2) is 24.5 Å². The molecular weight excluding hydrogens is 218 g/mol. The monoisotopic (exact) mass is 233 g/mol. The van der Waals surface area contributed by atoms with Crippen LogP contribution in [0.15, 0.2) is 28.9 Å². The van der Waals surface area contributed by atoms with Crippen LogP contribution in [0.5, 0.6) is 5.75 Å². The number of rotatable bonds is 4. The van der Waals surface area contributed by atoms with Crippen LogP contribution in [0, 0.1) is 0 Å². The molecule has 1 saturated heterocycles. The molecule has 4 heteroatoms. The second-order valence-corrected chi connectivity index (χ2v) is 4.27. The van der Waals surface area contributed by atoms with Crippen LogP contribution < -0.4 is 4.74 Å². The molecule has 0 spiro atoms. The maximum atomic E-state index is 5.73. The predicted molar refractivity (Wildman–Crippen MR) is 63.1 cm³/mol. The summed E-state index contributed by atoms with van der Waals surface area (Å²) in [6, 6.07) is 5.81. The van der Waals surface area contributed by atoms with Gasteiger partial charge in [-0.15, -0.1) is 0 Å². The van der Waals surface area contributed by atoms with Gasteiger partial charge in [-0.2, -0.15) is 0 Å². The molecule has 1 aromatic heterocycles. The number of aromatic nitrogens is 1. The van der Waals surface area contributed by atoms with Gasteiger partial charge in [-0.25, -0.2) is 0 Å². The molecule has 0 radical (unpaired) electrons. The van der Waals surface area contributed by atoms with Crippen molar-refractivity contribution in [2.24, 2.45) is 0 Å². The zero-order valence-corrected chi connectivity index (χ0v) is 9.59. The molecule has 0 aliphatic carbocycles. The van der Waals surface area contributed by atoms with Crippen molar-refractivity contribution in [1.82, 2.24) is 5.16 Å². The summed E-state index contributed by atoms with van der Waals surface area (Å²) < 4.78 is 16.4. The van der Waals surface area contributed by atoms with Crippen LogP contribution in [0.1, 0.15) is 19.3 Å². The highest BCUT2D eigenvalue weighted by atomic mass is 16.5. The Morgan fingerprint density at radius 2 is 2.41 bits per heavy atom. The molecule has 0 N–H and O–H groups in total. The van der Waals surface area contributed by atoms with Gasteiger partial charge < -0.3 is 14.0 Å². The Morgan fingerprint density at radius 3 is 3.29 bits per heavy atom. The lowest BCUT2D eigenvalue weighted by Gasteiger charge is -2.10. The van der Waals surface area contributed by atoms with E-state index in [1.807, 2.05) is 18.2 Å². The maximum Gasteiger partial charge on any atom is 0.208 e. The minimum atomic E-state index is 0.365. The van der Waals surface area contributed by atoms with E-state index in [4.69, 9.17) is 14.0 Å². The Hall–Kier alpha value is -1.55. The van der Waals surface area contributed by atoms with Crippen LogP contribution in [0.25, 0.3) is 11.0 Å². The van der Waals surface area contributed by atoms with E-state index in [1.54, 1.807) is 6.20 Å². The smallest absolute Gasteiger partial charge is 0.208 e. The van der Waals surface area contributed by atoms with Crippen molar-refractivity contribution >= 4 is 11.0 Å². The number of hydrogen-bond donors (Lipinski definition) is 0. The largest absolute Gasteiger partial charge is 0.489 e. The molecule has 1 aliphatic heterocycles. The molecule has 17 heavy (non-hydrogen) atoms. The second-order valence-electron chi connectivity index (χ2n) is 4.27. The topological polar surface area (TPSA) is 44.5 Å². The quantitative estimate of drug-likeness (QED) is 0.814. The van der Waals surface area contributed by atoms with E-state index in [0.29, 0.717) is 12.7 Å². The average molecular weight is 233 g/mol. The highest BCUT2D eigenvalue weighted by molar-refractivity contribution is 5.81. The number of hydrogen-bond acceptors (Lipinski definition) is 4. The summed E-state index contributed by atoms with van der Waals surface area (Å²) in [7, 11) is 0. The van der Waals surface area contributed by atoms with Crippen molar-refractivity contribution in [2.75, 3.05) is 13.2 Å². The Morgan fingerprint density at radius 1 is 1.41 bits per heavy atom. The molecule has 0 amide bonds. The molecule has 90 valence electrons. The maximum absolute atomic E-state index is 5.73. The number of nitrogens with zero attached hydrogens (tertiary/aromatic N) is 1. The minimum Gasteiger partial charge on any atom is -0.489 e. The van der Waals surface area contributed by atoms with Crippen LogP contribution in [-0.2, 0) is 4.74 Å². The van der Waals surface area contributed by atoms with Crippen molar-refractivity contribution in [2.45, 2.75) is 25.4 Å². The molecule has 0 bridgehead atoms. The Balaban J connectivity index is 1.62. The summed E-state index contributed by atoms with van der Waals surface area (Å²) in [5.41, 5.74) is 0.722. The fraction of sp³-hybridized carbons (Fsp3) is 0.462. The van der Waals surface area contributed by atoms with Gasteiger partial charge in [0.2, 0.25) is 5.58 Å². The summed E-state index contributed by atoms with van der Waals surface area (Å²) in [6.45, 7) is 1.55. The predicted octanol–water partition coefficient (Wildman–Crippen LogP) is 2.78. The van der Waals surface area contributed by atoms with Gasteiger partial charge in [0.1, 0.15) is 0 Å². The normalized spacial score (nSPS) is 19.9. The number of benzene rings is 1. The first kappa shape index (κ1) is 10.6. The number of para-hydroxylation sites is 1. The van der Waals surface area contributed by atoms with Crippen molar-refractivity contribution in [3.8, 4) is 5.75 Å². The second kappa shape index (κ2) is 4.75. The average Bonchev–Trinajstić information content (AvgIpc) is 2.99. The summed E-state index contributed by atoms with van der Waals surface area (Å²) in [6.07, 6.45) is 5.31. The third kappa shape index (κ3) is 2.26. The van der Waals surface area contributed by atoms with Gasteiger partial charge in [-0.05, 0) is 25.0 Å². The van der Waals surface area contributed by atoms with Crippen molar-refractivity contribution in [3.63, 3.8) is 0 Å². The Bertz CT molecular complexity index is 488. The minimum absolute atomic E-state index is 0.365. The highest BCUT2D eigenvalue weighted by Crippen LogP contribution is 2.25. The lowest BCUT2D eigenvalue weighted by Crippen LogP contribution is -2.10. The fourth-order valence-electron chi connectivity index (χ4n) is 2.15. The number of fused-ring (bicyclic) bond motifs is 1. The van der Waals surface area contributed by atoms with Gasteiger partial charge in [-0.1, -0.05) is 11.2 Å². The van der Waals surface area contributed by atoms with Crippen molar-refractivity contribution < 1.29 is 14.0 Å². The fourth-order valence-corrected chi connectivity index (χ4v) is 2.15. The Labute approximate surface area is 99.5 Å². The molecule has 1 fully saturated rings. The molecule has 2 heterocycles. The third-order valence-electron chi connectivity index (χ3n) is 3.07. The van der Waals surface area contributed by atoms with E-state index < -0.39 is 0 Å². The third-order valence-corrected chi connectivity index (χ3v) is 3.07. The lowest BCUT2D eigenvalue weighted by molar-refractivity contribution is 0.0903. The van der Waals surface area contributed by atoms with E-state index in [1.165, 1.54) is 6.42 Å². The van der Waals surface area contributed by atoms with Gasteiger partial charge in [0.15, 0.2) is 5.75 Å². The zero-order chi connectivity index (χ0) is 11.5. The van der Waals surface area contributed by atoms with Crippen LogP contribution in [0.2, 0.25) is 0 Å². The first-order valence-corrected chi connectivity index (χ1v) is 6.01. The van der Waals surface area contributed by atoms with E-state index in [0.717, 1.165) is 36.2 Å². The van der Waals surface area contributed by atoms with Crippen LogP contribution in [0.3, 0.4) is 0 Å². The molecule has 4 nitrogen and oxygen atoms in total. The standard InChI is InChI=1S/C13H15NO3/c1-3-10-9-14-17-13(10)12(5-1)16-8-6-11-4-2-7-15-11/h1,3,5,9,11H,2,4,6-8H2/t11-/m0/s1. The van der Waals surface area contributed by atoms with E-state index in [2.05, 4.69) is 5.16 Å². The first-order chi connectivity index (χ1) is 8.43. The lowest BCUT2D eigenvalue weighted by atomic mass is 10.2. The first-order valence-electron chi connectivity index (χ1n) is 6.01. The molecule has 0 unspecified atom stereocenters. The van der Waals surface area contributed by atoms with Gasteiger partial charge >= 0.3 is 0 Å². The molecule has 1 atom stereocenters. The molecular formula is C13H15NO3. The highest BCUT2D eigenvalue weighted by Gasteiger charge is 2.15. The SMILES string of the molecule is c1cc(OCC[C@@H]2CCCO2)c2oncc2c1. The van der Waals surface area contributed by atoms with Crippen LogP contribution in [0.4, 0.5) is 0 Å². The van der Waals surface area contributed by atoms with Crippen molar-refractivity contribution in [1.29, 1.82) is 0 Å². The molecule has 2 aromatic rings. The summed E-state index contributed by atoms with van der Waals surface area (Å²) >= 11 is 0. The summed E-state index contributed by atoms with van der Waals surface area (Å²) in [4.78, 5) is 0. The van der Waals surface area contributed by atoms with Gasteiger partial charge in [0.05, 0.1) is 18.9 Å². The van der Waals surface area contributed by atoms with E-state index in [9.17, 15) is 0 Å².